The highest BCUT2D eigenvalue weighted by Gasteiger charge is 2.17. The maximum absolute atomic E-state index is 11.0. The smallest absolute Gasteiger partial charge is 0.323 e. The standard InChI is InChI=1S/C13H10N4O3/c1-8-3-4-12(11(5-8)17(18)19)20-13-15-9(2)6-10(7-14)16-13/h3-6H,1-2H3. The van der Waals surface area contributed by atoms with E-state index in [-0.39, 0.29) is 23.1 Å². The number of aromatic nitrogens is 2. The molecule has 0 unspecified atom stereocenters. The van der Waals surface area contributed by atoms with Crippen LogP contribution in [0.1, 0.15) is 17.0 Å². The van der Waals surface area contributed by atoms with Crippen molar-refractivity contribution < 1.29 is 9.66 Å². The molecule has 1 aromatic heterocycles. The molecule has 7 heteroatoms. The largest absolute Gasteiger partial charge is 0.417 e. The molecule has 0 fully saturated rings. The van der Waals surface area contributed by atoms with Gasteiger partial charge in [0.05, 0.1) is 4.92 Å². The lowest BCUT2D eigenvalue weighted by atomic mass is 10.2. The van der Waals surface area contributed by atoms with Crippen molar-refractivity contribution >= 4 is 5.69 Å². The van der Waals surface area contributed by atoms with Gasteiger partial charge in [0, 0.05) is 11.8 Å². The number of nitriles is 1. The molecule has 0 aliphatic heterocycles. The molecule has 0 aliphatic carbocycles. The fourth-order valence-corrected chi connectivity index (χ4v) is 1.60. The Labute approximate surface area is 114 Å². The normalized spacial score (nSPS) is 9.85. The summed E-state index contributed by atoms with van der Waals surface area (Å²) < 4.78 is 5.33. The Bertz CT molecular complexity index is 722. The number of hydrogen-bond acceptors (Lipinski definition) is 6. The number of nitro groups is 1. The Hall–Kier alpha value is -3.01. The van der Waals surface area contributed by atoms with Crippen molar-refractivity contribution in [1.82, 2.24) is 9.97 Å². The second kappa shape index (κ2) is 5.32. The Morgan fingerprint density at radius 2 is 2.05 bits per heavy atom. The third-order valence-electron chi connectivity index (χ3n) is 2.46. The number of benzene rings is 1. The lowest BCUT2D eigenvalue weighted by Gasteiger charge is -2.06. The van der Waals surface area contributed by atoms with E-state index in [0.29, 0.717) is 5.69 Å². The highest BCUT2D eigenvalue weighted by atomic mass is 16.6. The van der Waals surface area contributed by atoms with Crippen molar-refractivity contribution in [2.45, 2.75) is 13.8 Å². The van der Waals surface area contributed by atoms with Gasteiger partial charge in [-0.3, -0.25) is 10.1 Å². The lowest BCUT2D eigenvalue weighted by molar-refractivity contribution is -0.385. The zero-order chi connectivity index (χ0) is 14.7. The van der Waals surface area contributed by atoms with Gasteiger partial charge < -0.3 is 4.74 Å². The molecular formula is C13H10N4O3. The minimum Gasteiger partial charge on any atom is -0.417 e. The molecule has 2 rings (SSSR count). The maximum atomic E-state index is 11.0. The molecule has 0 saturated heterocycles. The van der Waals surface area contributed by atoms with E-state index in [1.807, 2.05) is 6.07 Å². The molecule has 1 heterocycles. The van der Waals surface area contributed by atoms with Crippen LogP contribution in [0.15, 0.2) is 24.3 Å². The van der Waals surface area contributed by atoms with Crippen LogP contribution in [0.5, 0.6) is 11.8 Å². The summed E-state index contributed by atoms with van der Waals surface area (Å²) in [4.78, 5) is 18.3. The predicted octanol–water partition coefficient (Wildman–Crippen LogP) is 2.67. The quantitative estimate of drug-likeness (QED) is 0.627. The third kappa shape index (κ3) is 2.87. The Kier molecular flexibility index (Phi) is 3.57. The first-order valence-electron chi connectivity index (χ1n) is 5.68. The van der Waals surface area contributed by atoms with Gasteiger partial charge >= 0.3 is 11.7 Å². The Morgan fingerprint density at radius 1 is 1.30 bits per heavy atom. The Morgan fingerprint density at radius 3 is 2.70 bits per heavy atom. The van der Waals surface area contributed by atoms with Gasteiger partial charge in [0.2, 0.25) is 5.75 Å². The van der Waals surface area contributed by atoms with E-state index in [0.717, 1.165) is 5.56 Å². The molecule has 1 aromatic carbocycles. The van der Waals surface area contributed by atoms with E-state index in [9.17, 15) is 10.1 Å². The second-order valence-corrected chi connectivity index (χ2v) is 4.12. The van der Waals surface area contributed by atoms with Crippen molar-refractivity contribution in [3.63, 3.8) is 0 Å². The van der Waals surface area contributed by atoms with Gasteiger partial charge in [0.15, 0.2) is 0 Å². The first-order chi connectivity index (χ1) is 9.49. The number of nitrogens with zero attached hydrogens (tertiary/aromatic N) is 4. The van der Waals surface area contributed by atoms with E-state index in [1.54, 1.807) is 19.9 Å². The minimum atomic E-state index is -0.538. The summed E-state index contributed by atoms with van der Waals surface area (Å²) in [6, 6.07) is 7.84. The van der Waals surface area contributed by atoms with E-state index in [2.05, 4.69) is 9.97 Å². The van der Waals surface area contributed by atoms with Gasteiger partial charge in [-0.1, -0.05) is 6.07 Å². The van der Waals surface area contributed by atoms with Crippen molar-refractivity contribution in [1.29, 1.82) is 5.26 Å². The first-order valence-corrected chi connectivity index (χ1v) is 5.68. The van der Waals surface area contributed by atoms with Crippen LogP contribution < -0.4 is 4.74 Å². The highest BCUT2D eigenvalue weighted by molar-refractivity contribution is 5.49. The fourth-order valence-electron chi connectivity index (χ4n) is 1.60. The van der Waals surface area contributed by atoms with Gasteiger partial charge in [-0.05, 0) is 31.5 Å². The molecule has 2 aromatic rings. The summed E-state index contributed by atoms with van der Waals surface area (Å²) in [5.74, 6) is 0.0371. The molecule has 0 N–H and O–H groups in total. The average molecular weight is 270 g/mol. The zero-order valence-electron chi connectivity index (χ0n) is 10.8. The van der Waals surface area contributed by atoms with Gasteiger partial charge in [0.25, 0.3) is 0 Å². The summed E-state index contributed by atoms with van der Waals surface area (Å²) >= 11 is 0. The molecule has 0 spiro atoms. The van der Waals surface area contributed by atoms with Crippen LogP contribution in [0.3, 0.4) is 0 Å². The first kappa shape index (κ1) is 13.4. The van der Waals surface area contributed by atoms with Crippen LogP contribution in [0.4, 0.5) is 5.69 Å². The summed E-state index contributed by atoms with van der Waals surface area (Å²) in [6.45, 7) is 3.42. The molecule has 0 amide bonds. The number of ether oxygens (including phenoxy) is 1. The number of nitro benzene ring substituents is 1. The van der Waals surface area contributed by atoms with Gasteiger partial charge in [-0.25, -0.2) is 4.98 Å². The van der Waals surface area contributed by atoms with Gasteiger partial charge in [-0.15, -0.1) is 0 Å². The summed E-state index contributed by atoms with van der Waals surface area (Å²) in [5.41, 5.74) is 1.25. The molecule has 0 aliphatic rings. The summed E-state index contributed by atoms with van der Waals surface area (Å²) in [6.07, 6.45) is 0. The fraction of sp³-hybridized carbons (Fsp3) is 0.154. The molecule has 100 valence electrons. The number of aryl methyl sites for hydroxylation is 2. The predicted molar refractivity (Wildman–Crippen MR) is 69.4 cm³/mol. The lowest BCUT2D eigenvalue weighted by Crippen LogP contribution is -1.99. The maximum Gasteiger partial charge on any atom is 0.323 e. The average Bonchev–Trinajstić information content (AvgIpc) is 2.40. The Balaban J connectivity index is 2.42. The molecule has 0 bridgehead atoms. The molecule has 20 heavy (non-hydrogen) atoms. The van der Waals surface area contributed by atoms with E-state index in [1.165, 1.54) is 18.2 Å². The van der Waals surface area contributed by atoms with Crippen molar-refractivity contribution in [2.75, 3.05) is 0 Å². The van der Waals surface area contributed by atoms with Crippen LogP contribution in [-0.4, -0.2) is 14.9 Å². The van der Waals surface area contributed by atoms with E-state index >= 15 is 0 Å². The second-order valence-electron chi connectivity index (χ2n) is 4.12. The molecular weight excluding hydrogens is 260 g/mol. The van der Waals surface area contributed by atoms with E-state index in [4.69, 9.17) is 10.00 Å². The minimum absolute atomic E-state index is 0.0371. The number of hydrogen-bond donors (Lipinski definition) is 0. The third-order valence-corrected chi connectivity index (χ3v) is 2.46. The zero-order valence-corrected chi connectivity index (χ0v) is 10.8. The molecule has 0 atom stereocenters. The van der Waals surface area contributed by atoms with E-state index < -0.39 is 4.92 Å². The van der Waals surface area contributed by atoms with Crippen LogP contribution in [0.2, 0.25) is 0 Å². The summed E-state index contributed by atoms with van der Waals surface area (Å²) in [7, 11) is 0. The molecule has 7 nitrogen and oxygen atoms in total. The topological polar surface area (TPSA) is 102 Å². The number of rotatable bonds is 3. The van der Waals surface area contributed by atoms with Crippen LogP contribution >= 0.6 is 0 Å². The van der Waals surface area contributed by atoms with Crippen LogP contribution in [-0.2, 0) is 0 Å². The van der Waals surface area contributed by atoms with Gasteiger partial charge in [-0.2, -0.15) is 10.2 Å². The summed E-state index contributed by atoms with van der Waals surface area (Å²) in [5, 5.41) is 19.8. The monoisotopic (exact) mass is 270 g/mol. The van der Waals surface area contributed by atoms with Crippen LogP contribution in [0, 0.1) is 35.3 Å². The van der Waals surface area contributed by atoms with Crippen molar-refractivity contribution in [3.05, 3.63) is 51.3 Å². The molecule has 0 saturated carbocycles. The van der Waals surface area contributed by atoms with Gasteiger partial charge in [0.1, 0.15) is 11.8 Å². The highest BCUT2D eigenvalue weighted by Crippen LogP contribution is 2.30. The molecule has 0 radical (unpaired) electrons. The van der Waals surface area contributed by atoms with Crippen molar-refractivity contribution in [2.24, 2.45) is 0 Å². The van der Waals surface area contributed by atoms with Crippen molar-refractivity contribution in [3.8, 4) is 17.8 Å². The SMILES string of the molecule is Cc1ccc(Oc2nc(C)cc(C#N)n2)c([N+](=O)[O-])c1. The van der Waals surface area contributed by atoms with Crippen LogP contribution in [0.25, 0.3) is 0 Å².